The molecule has 0 aliphatic carbocycles. The lowest BCUT2D eigenvalue weighted by Gasteiger charge is -2.09. The number of thiocarbonyl (C=S) groups is 1. The summed E-state index contributed by atoms with van der Waals surface area (Å²) in [7, 11) is 1.40. The van der Waals surface area contributed by atoms with E-state index < -0.39 is 11.7 Å². The predicted octanol–water partition coefficient (Wildman–Crippen LogP) is 2.12. The number of methoxy groups -OCH3 is 1. The summed E-state index contributed by atoms with van der Waals surface area (Å²) in [5.74, 6) is -0.992. The van der Waals surface area contributed by atoms with Gasteiger partial charge in [0.2, 0.25) is 5.88 Å². The van der Waals surface area contributed by atoms with E-state index in [-0.39, 0.29) is 22.1 Å². The Hall–Kier alpha value is -2.54. The van der Waals surface area contributed by atoms with Crippen LogP contribution in [-0.4, -0.2) is 23.0 Å². The maximum Gasteiger partial charge on any atom is 0.261 e. The Bertz CT molecular complexity index is 706. The SMILES string of the molecule is COc1ncccc1C(=O)Nc1ccc(C(N)=S)cc1F. The van der Waals surface area contributed by atoms with Gasteiger partial charge in [-0.15, -0.1) is 0 Å². The van der Waals surface area contributed by atoms with Crippen LogP contribution in [0.15, 0.2) is 36.5 Å². The van der Waals surface area contributed by atoms with Crippen molar-refractivity contribution in [3.05, 3.63) is 53.5 Å². The van der Waals surface area contributed by atoms with Crippen LogP contribution in [0.1, 0.15) is 15.9 Å². The molecule has 1 amide bonds. The summed E-state index contributed by atoms with van der Waals surface area (Å²) in [6.07, 6.45) is 1.49. The van der Waals surface area contributed by atoms with Crippen molar-refractivity contribution in [2.24, 2.45) is 5.73 Å². The molecule has 7 heteroatoms. The molecule has 0 aliphatic heterocycles. The maximum absolute atomic E-state index is 13.9. The molecule has 2 aromatic rings. The number of ether oxygens (including phenoxy) is 1. The van der Waals surface area contributed by atoms with Gasteiger partial charge in [0.25, 0.3) is 5.91 Å². The van der Waals surface area contributed by atoms with E-state index in [1.807, 2.05) is 0 Å². The fourth-order valence-corrected chi connectivity index (χ4v) is 1.81. The summed E-state index contributed by atoms with van der Waals surface area (Å²) in [5.41, 5.74) is 6.03. The van der Waals surface area contributed by atoms with Crippen LogP contribution in [0.4, 0.5) is 10.1 Å². The maximum atomic E-state index is 13.9. The fraction of sp³-hybridized carbons (Fsp3) is 0.0714. The molecule has 5 nitrogen and oxygen atoms in total. The Balaban J connectivity index is 2.26. The van der Waals surface area contributed by atoms with E-state index in [4.69, 9.17) is 22.7 Å². The molecule has 0 radical (unpaired) electrons. The summed E-state index contributed by atoms with van der Waals surface area (Å²) in [6.45, 7) is 0. The van der Waals surface area contributed by atoms with Crippen LogP contribution >= 0.6 is 12.2 Å². The summed E-state index contributed by atoms with van der Waals surface area (Å²) in [5, 5.41) is 2.45. The van der Waals surface area contributed by atoms with Crippen LogP contribution in [0, 0.1) is 5.82 Å². The molecule has 2 rings (SSSR count). The van der Waals surface area contributed by atoms with Gasteiger partial charge in [-0.2, -0.15) is 0 Å². The number of nitrogens with one attached hydrogen (secondary N) is 1. The summed E-state index contributed by atoms with van der Waals surface area (Å²) in [6, 6.07) is 7.21. The Morgan fingerprint density at radius 1 is 1.43 bits per heavy atom. The Morgan fingerprint density at radius 3 is 2.81 bits per heavy atom. The van der Waals surface area contributed by atoms with Crippen molar-refractivity contribution >= 4 is 28.8 Å². The highest BCUT2D eigenvalue weighted by molar-refractivity contribution is 7.80. The van der Waals surface area contributed by atoms with Crippen LogP contribution in [-0.2, 0) is 0 Å². The fourth-order valence-electron chi connectivity index (χ4n) is 1.69. The lowest BCUT2D eigenvalue weighted by molar-refractivity contribution is 0.102. The Labute approximate surface area is 125 Å². The molecule has 0 atom stereocenters. The molecule has 108 valence electrons. The first-order chi connectivity index (χ1) is 10.0. The van der Waals surface area contributed by atoms with Crippen LogP contribution in [0.5, 0.6) is 5.88 Å². The summed E-state index contributed by atoms with van der Waals surface area (Å²) < 4.78 is 18.9. The number of rotatable bonds is 4. The van der Waals surface area contributed by atoms with Crippen LogP contribution in [0.2, 0.25) is 0 Å². The largest absolute Gasteiger partial charge is 0.480 e. The van der Waals surface area contributed by atoms with E-state index in [2.05, 4.69) is 10.3 Å². The number of pyridine rings is 1. The zero-order valence-electron chi connectivity index (χ0n) is 11.1. The third-order valence-corrected chi connectivity index (χ3v) is 2.95. The van der Waals surface area contributed by atoms with Crippen molar-refractivity contribution in [2.45, 2.75) is 0 Å². The zero-order valence-corrected chi connectivity index (χ0v) is 11.9. The van der Waals surface area contributed by atoms with E-state index in [0.717, 1.165) is 0 Å². The summed E-state index contributed by atoms with van der Waals surface area (Å²) >= 11 is 4.76. The number of nitrogens with two attached hydrogens (primary N) is 1. The topological polar surface area (TPSA) is 77.2 Å². The minimum atomic E-state index is -0.628. The van der Waals surface area contributed by atoms with Gasteiger partial charge in [-0.05, 0) is 30.3 Å². The van der Waals surface area contributed by atoms with Gasteiger partial charge in [0, 0.05) is 11.8 Å². The van der Waals surface area contributed by atoms with Gasteiger partial charge >= 0.3 is 0 Å². The molecule has 0 saturated carbocycles. The predicted molar refractivity (Wildman–Crippen MR) is 81.0 cm³/mol. The second-order valence-corrected chi connectivity index (χ2v) is 4.51. The first kappa shape index (κ1) is 14.9. The highest BCUT2D eigenvalue weighted by atomic mass is 32.1. The van der Waals surface area contributed by atoms with Gasteiger partial charge in [0.15, 0.2) is 0 Å². The molecule has 1 aromatic carbocycles. The number of nitrogens with zero attached hydrogens (tertiary/aromatic N) is 1. The first-order valence-electron chi connectivity index (χ1n) is 5.92. The Kier molecular flexibility index (Phi) is 4.44. The van der Waals surface area contributed by atoms with Gasteiger partial charge in [-0.25, -0.2) is 9.37 Å². The average Bonchev–Trinajstić information content (AvgIpc) is 2.48. The average molecular weight is 305 g/mol. The van der Waals surface area contributed by atoms with Crippen LogP contribution < -0.4 is 15.8 Å². The van der Waals surface area contributed by atoms with Crippen molar-refractivity contribution in [1.82, 2.24) is 4.98 Å². The van der Waals surface area contributed by atoms with E-state index in [1.165, 1.54) is 37.6 Å². The standard InChI is InChI=1S/C14H12FN3O2S/c1-20-14-9(3-2-6-17-14)13(19)18-11-5-4-8(12(16)21)7-10(11)15/h2-7H,1H3,(H2,16,21)(H,18,19). The van der Waals surface area contributed by atoms with Crippen molar-refractivity contribution in [3.63, 3.8) is 0 Å². The highest BCUT2D eigenvalue weighted by Gasteiger charge is 2.15. The number of aromatic nitrogens is 1. The van der Waals surface area contributed by atoms with E-state index in [9.17, 15) is 9.18 Å². The number of benzene rings is 1. The monoisotopic (exact) mass is 305 g/mol. The first-order valence-corrected chi connectivity index (χ1v) is 6.33. The number of halogens is 1. The molecule has 0 bridgehead atoms. The molecule has 0 fully saturated rings. The number of carbonyl (C=O) groups excluding carboxylic acids is 1. The van der Waals surface area contributed by atoms with E-state index >= 15 is 0 Å². The molecular formula is C14H12FN3O2S. The van der Waals surface area contributed by atoms with Gasteiger partial charge < -0.3 is 15.8 Å². The van der Waals surface area contributed by atoms with Gasteiger partial charge in [-0.1, -0.05) is 12.2 Å². The lowest BCUT2D eigenvalue weighted by Crippen LogP contribution is -2.15. The van der Waals surface area contributed by atoms with Crippen LogP contribution in [0.3, 0.4) is 0 Å². The second kappa shape index (κ2) is 6.27. The molecule has 0 spiro atoms. The number of anilines is 1. The van der Waals surface area contributed by atoms with E-state index in [0.29, 0.717) is 5.56 Å². The second-order valence-electron chi connectivity index (χ2n) is 4.07. The molecule has 21 heavy (non-hydrogen) atoms. The van der Waals surface area contributed by atoms with Gasteiger partial charge in [0.05, 0.1) is 12.8 Å². The number of hydrogen-bond acceptors (Lipinski definition) is 4. The minimum absolute atomic E-state index is 0.0194. The third-order valence-electron chi connectivity index (χ3n) is 2.71. The molecule has 0 aliphatic rings. The summed E-state index contributed by atoms with van der Waals surface area (Å²) in [4.78, 5) is 16.1. The van der Waals surface area contributed by atoms with Gasteiger partial charge in [-0.3, -0.25) is 4.79 Å². The highest BCUT2D eigenvalue weighted by Crippen LogP contribution is 2.19. The van der Waals surface area contributed by atoms with Crippen LogP contribution in [0.25, 0.3) is 0 Å². The molecule has 1 heterocycles. The normalized spacial score (nSPS) is 10.0. The molecular weight excluding hydrogens is 293 g/mol. The van der Waals surface area contributed by atoms with Gasteiger partial charge in [0.1, 0.15) is 16.4 Å². The molecule has 0 unspecified atom stereocenters. The Morgan fingerprint density at radius 2 is 2.19 bits per heavy atom. The quantitative estimate of drug-likeness (QED) is 0.846. The smallest absolute Gasteiger partial charge is 0.261 e. The minimum Gasteiger partial charge on any atom is -0.480 e. The van der Waals surface area contributed by atoms with Crippen molar-refractivity contribution in [3.8, 4) is 5.88 Å². The number of hydrogen-bond donors (Lipinski definition) is 2. The lowest BCUT2D eigenvalue weighted by atomic mass is 10.2. The molecule has 3 N–H and O–H groups in total. The number of carbonyl (C=O) groups is 1. The van der Waals surface area contributed by atoms with Crippen molar-refractivity contribution < 1.29 is 13.9 Å². The molecule has 1 aromatic heterocycles. The van der Waals surface area contributed by atoms with Crippen molar-refractivity contribution in [1.29, 1.82) is 0 Å². The zero-order chi connectivity index (χ0) is 15.4. The van der Waals surface area contributed by atoms with Crippen molar-refractivity contribution in [2.75, 3.05) is 12.4 Å². The van der Waals surface area contributed by atoms with E-state index in [1.54, 1.807) is 6.07 Å². The third kappa shape index (κ3) is 3.32. The number of amides is 1. The molecule has 0 saturated heterocycles.